The first kappa shape index (κ1) is 18.3. The van der Waals surface area contributed by atoms with Crippen molar-refractivity contribution in [3.63, 3.8) is 0 Å². The zero-order valence-corrected chi connectivity index (χ0v) is 13.1. The highest BCUT2D eigenvalue weighted by atomic mass is 19.2. The SMILES string of the molecule is CC(C)(C)OC(=O)NCC(C)(CN)c1cc(F)c(F)c(F)c1. The Bertz CT molecular complexity index is 535. The van der Waals surface area contributed by atoms with E-state index in [-0.39, 0.29) is 18.7 Å². The van der Waals surface area contributed by atoms with E-state index in [9.17, 15) is 18.0 Å². The molecule has 1 aromatic rings. The lowest BCUT2D eigenvalue weighted by Gasteiger charge is -2.30. The molecule has 1 unspecified atom stereocenters. The summed E-state index contributed by atoms with van der Waals surface area (Å²) in [6.07, 6.45) is -0.671. The van der Waals surface area contributed by atoms with E-state index in [4.69, 9.17) is 10.5 Å². The molecule has 0 bridgehead atoms. The molecule has 1 atom stereocenters. The Morgan fingerprint density at radius 1 is 1.18 bits per heavy atom. The van der Waals surface area contributed by atoms with E-state index in [1.54, 1.807) is 27.7 Å². The highest BCUT2D eigenvalue weighted by Crippen LogP contribution is 2.25. The fourth-order valence-corrected chi connectivity index (χ4v) is 1.78. The Hall–Kier alpha value is -1.76. The van der Waals surface area contributed by atoms with Crippen LogP contribution in [-0.2, 0) is 10.2 Å². The topological polar surface area (TPSA) is 64.3 Å². The van der Waals surface area contributed by atoms with E-state index in [0.29, 0.717) is 0 Å². The van der Waals surface area contributed by atoms with Crippen molar-refractivity contribution in [3.8, 4) is 0 Å². The Balaban J connectivity index is 2.91. The molecular weight excluding hydrogens is 297 g/mol. The summed E-state index contributed by atoms with van der Waals surface area (Å²) in [6, 6.07) is 1.75. The summed E-state index contributed by atoms with van der Waals surface area (Å²) in [7, 11) is 0. The van der Waals surface area contributed by atoms with Crippen molar-refractivity contribution in [2.45, 2.75) is 38.7 Å². The van der Waals surface area contributed by atoms with Crippen molar-refractivity contribution in [2.75, 3.05) is 13.1 Å². The van der Waals surface area contributed by atoms with Crippen LogP contribution in [-0.4, -0.2) is 24.8 Å². The Kier molecular flexibility index (Phi) is 5.45. The third-order valence-corrected chi connectivity index (χ3v) is 3.15. The average Bonchev–Trinajstić information content (AvgIpc) is 2.39. The molecule has 0 spiro atoms. The molecule has 0 aliphatic heterocycles. The van der Waals surface area contributed by atoms with E-state index in [1.165, 1.54) is 0 Å². The molecule has 124 valence electrons. The van der Waals surface area contributed by atoms with E-state index in [1.807, 2.05) is 0 Å². The molecule has 0 aliphatic rings. The minimum absolute atomic E-state index is 0.00664. The van der Waals surface area contributed by atoms with E-state index in [2.05, 4.69) is 5.32 Å². The molecule has 0 aromatic heterocycles. The van der Waals surface area contributed by atoms with Gasteiger partial charge in [-0.25, -0.2) is 18.0 Å². The predicted octanol–water partition coefficient (Wildman–Crippen LogP) is 2.85. The molecule has 3 N–H and O–H groups in total. The van der Waals surface area contributed by atoms with Gasteiger partial charge in [-0.1, -0.05) is 6.92 Å². The van der Waals surface area contributed by atoms with Gasteiger partial charge in [0, 0.05) is 18.5 Å². The Labute approximate surface area is 127 Å². The number of carbonyl (C=O) groups excluding carboxylic acids is 1. The standard InChI is InChI=1S/C15H21F3N2O2/c1-14(2,3)22-13(21)20-8-15(4,7-19)9-5-10(16)12(18)11(17)6-9/h5-6H,7-8,19H2,1-4H3,(H,20,21). The number of nitrogens with two attached hydrogens (primary N) is 1. The van der Waals surface area contributed by atoms with Crippen molar-refractivity contribution >= 4 is 6.09 Å². The monoisotopic (exact) mass is 318 g/mol. The maximum atomic E-state index is 13.4. The number of benzene rings is 1. The molecule has 0 fully saturated rings. The van der Waals surface area contributed by atoms with Crippen LogP contribution in [0.2, 0.25) is 0 Å². The van der Waals surface area contributed by atoms with Crippen molar-refractivity contribution in [3.05, 3.63) is 35.1 Å². The lowest BCUT2D eigenvalue weighted by Crippen LogP contribution is -2.45. The van der Waals surface area contributed by atoms with Crippen LogP contribution in [0.3, 0.4) is 0 Å². The van der Waals surface area contributed by atoms with Crippen LogP contribution in [0.4, 0.5) is 18.0 Å². The van der Waals surface area contributed by atoms with Gasteiger partial charge in [0.05, 0.1) is 0 Å². The molecule has 1 amide bonds. The maximum Gasteiger partial charge on any atom is 0.407 e. The van der Waals surface area contributed by atoms with Crippen molar-refractivity contribution in [2.24, 2.45) is 5.73 Å². The van der Waals surface area contributed by atoms with Crippen LogP contribution >= 0.6 is 0 Å². The average molecular weight is 318 g/mol. The zero-order chi connectivity index (χ0) is 17.1. The second-order valence-corrected chi connectivity index (χ2v) is 6.37. The van der Waals surface area contributed by atoms with Gasteiger partial charge >= 0.3 is 6.09 Å². The van der Waals surface area contributed by atoms with Crippen LogP contribution < -0.4 is 11.1 Å². The van der Waals surface area contributed by atoms with E-state index < -0.39 is 34.6 Å². The molecule has 0 saturated heterocycles. The number of hydrogen-bond acceptors (Lipinski definition) is 3. The van der Waals surface area contributed by atoms with Gasteiger partial charge in [0.15, 0.2) is 17.5 Å². The molecule has 4 nitrogen and oxygen atoms in total. The van der Waals surface area contributed by atoms with Crippen LogP contribution in [0.5, 0.6) is 0 Å². The van der Waals surface area contributed by atoms with Gasteiger partial charge < -0.3 is 15.8 Å². The number of ether oxygens (including phenoxy) is 1. The fraction of sp³-hybridized carbons (Fsp3) is 0.533. The van der Waals surface area contributed by atoms with Gasteiger partial charge in [-0.05, 0) is 38.5 Å². The second kappa shape index (κ2) is 6.56. The molecule has 0 saturated carbocycles. The molecular formula is C15H21F3N2O2. The summed E-state index contributed by atoms with van der Waals surface area (Å²) in [5.74, 6) is -4.14. The van der Waals surface area contributed by atoms with E-state index >= 15 is 0 Å². The third kappa shape index (κ3) is 4.62. The molecule has 0 heterocycles. The molecule has 22 heavy (non-hydrogen) atoms. The van der Waals surface area contributed by atoms with Crippen molar-refractivity contribution in [1.29, 1.82) is 0 Å². The van der Waals surface area contributed by atoms with E-state index in [0.717, 1.165) is 12.1 Å². The van der Waals surface area contributed by atoms with Crippen molar-refractivity contribution < 1.29 is 22.7 Å². The van der Waals surface area contributed by atoms with Gasteiger partial charge in [0.2, 0.25) is 0 Å². The van der Waals surface area contributed by atoms with Gasteiger partial charge in [0.25, 0.3) is 0 Å². The number of carbonyl (C=O) groups is 1. The molecule has 0 radical (unpaired) electrons. The molecule has 1 aromatic carbocycles. The first-order valence-corrected chi connectivity index (χ1v) is 6.80. The van der Waals surface area contributed by atoms with Crippen LogP contribution in [0.15, 0.2) is 12.1 Å². The molecule has 0 aliphatic carbocycles. The quantitative estimate of drug-likeness (QED) is 0.839. The van der Waals surface area contributed by atoms with Gasteiger partial charge in [-0.3, -0.25) is 0 Å². The summed E-state index contributed by atoms with van der Waals surface area (Å²) >= 11 is 0. The smallest absolute Gasteiger partial charge is 0.407 e. The minimum atomic E-state index is -1.54. The predicted molar refractivity (Wildman–Crippen MR) is 77.0 cm³/mol. The van der Waals surface area contributed by atoms with Crippen LogP contribution in [0, 0.1) is 17.5 Å². The summed E-state index contributed by atoms with van der Waals surface area (Å²) in [5.41, 5.74) is 4.18. The first-order chi connectivity index (χ1) is 9.98. The first-order valence-electron chi connectivity index (χ1n) is 6.80. The number of rotatable bonds is 4. The Morgan fingerprint density at radius 2 is 1.68 bits per heavy atom. The maximum absolute atomic E-state index is 13.4. The summed E-state index contributed by atoms with van der Waals surface area (Å²) in [5, 5.41) is 2.50. The number of halogens is 3. The van der Waals surface area contributed by atoms with Crippen LogP contribution in [0.1, 0.15) is 33.3 Å². The molecule has 1 rings (SSSR count). The summed E-state index contributed by atoms with van der Waals surface area (Å²) in [6.45, 7) is 6.71. The Morgan fingerprint density at radius 3 is 2.09 bits per heavy atom. The summed E-state index contributed by atoms with van der Waals surface area (Å²) < 4.78 is 44.8. The normalized spacial score (nSPS) is 14.4. The minimum Gasteiger partial charge on any atom is -0.444 e. The van der Waals surface area contributed by atoms with Gasteiger partial charge in [-0.2, -0.15) is 0 Å². The fourth-order valence-electron chi connectivity index (χ4n) is 1.78. The number of alkyl carbamates (subject to hydrolysis) is 1. The lowest BCUT2D eigenvalue weighted by molar-refractivity contribution is 0.0516. The number of hydrogen-bond donors (Lipinski definition) is 2. The van der Waals surface area contributed by atoms with Crippen molar-refractivity contribution in [1.82, 2.24) is 5.32 Å². The third-order valence-electron chi connectivity index (χ3n) is 3.15. The van der Waals surface area contributed by atoms with Gasteiger partial charge in [-0.15, -0.1) is 0 Å². The molecule has 7 heteroatoms. The summed E-state index contributed by atoms with van der Waals surface area (Å²) in [4.78, 5) is 11.7. The highest BCUT2D eigenvalue weighted by Gasteiger charge is 2.29. The zero-order valence-electron chi connectivity index (χ0n) is 13.1. The second-order valence-electron chi connectivity index (χ2n) is 6.37. The lowest BCUT2D eigenvalue weighted by atomic mass is 9.82. The largest absolute Gasteiger partial charge is 0.444 e. The highest BCUT2D eigenvalue weighted by molar-refractivity contribution is 5.67. The number of nitrogens with one attached hydrogen (secondary N) is 1. The number of amides is 1. The van der Waals surface area contributed by atoms with Crippen LogP contribution in [0.25, 0.3) is 0 Å². The van der Waals surface area contributed by atoms with Gasteiger partial charge in [0.1, 0.15) is 5.60 Å².